The van der Waals surface area contributed by atoms with Gasteiger partial charge in [-0.15, -0.1) is 10.2 Å². The van der Waals surface area contributed by atoms with Gasteiger partial charge in [0.05, 0.1) is 5.75 Å². The van der Waals surface area contributed by atoms with Gasteiger partial charge in [-0.05, 0) is 49.1 Å². The van der Waals surface area contributed by atoms with Crippen molar-refractivity contribution in [3.8, 4) is 17.1 Å². The molecule has 3 aromatic rings. The zero-order valence-corrected chi connectivity index (χ0v) is 18.1. The average Bonchev–Trinajstić information content (AvgIpc) is 3.23. The largest absolute Gasteiger partial charge is 0.353 e. The van der Waals surface area contributed by atoms with Crippen LogP contribution in [0.2, 0.25) is 0 Å². The van der Waals surface area contributed by atoms with Crippen LogP contribution in [-0.2, 0) is 11.2 Å². The summed E-state index contributed by atoms with van der Waals surface area (Å²) in [6, 6.07) is 12.6. The lowest BCUT2D eigenvalue weighted by Crippen LogP contribution is -2.37. The number of benzene rings is 1. The highest BCUT2D eigenvalue weighted by atomic mass is 32.2. The molecule has 2 aromatic heterocycles. The maximum Gasteiger partial charge on any atom is 0.230 e. The summed E-state index contributed by atoms with van der Waals surface area (Å²) < 4.78 is 2.02. The van der Waals surface area contributed by atoms with Gasteiger partial charge < -0.3 is 5.32 Å². The van der Waals surface area contributed by atoms with E-state index in [-0.39, 0.29) is 5.91 Å². The number of nitrogens with one attached hydrogen (secondary N) is 1. The smallest absolute Gasteiger partial charge is 0.230 e. The van der Waals surface area contributed by atoms with Crippen LogP contribution >= 0.6 is 11.8 Å². The molecule has 1 N–H and O–H groups in total. The summed E-state index contributed by atoms with van der Waals surface area (Å²) in [6.45, 7) is 2.14. The minimum Gasteiger partial charge on any atom is -0.353 e. The predicted octanol–water partition coefficient (Wildman–Crippen LogP) is 4.43. The predicted molar refractivity (Wildman–Crippen MR) is 120 cm³/mol. The summed E-state index contributed by atoms with van der Waals surface area (Å²) in [4.78, 5) is 16.6. The number of hydrogen-bond acceptors (Lipinski definition) is 5. The molecule has 7 heteroatoms. The Bertz CT molecular complexity index is 965. The van der Waals surface area contributed by atoms with Crippen molar-refractivity contribution in [1.29, 1.82) is 0 Å². The van der Waals surface area contributed by atoms with Crippen LogP contribution in [0.4, 0.5) is 0 Å². The van der Waals surface area contributed by atoms with Crippen LogP contribution < -0.4 is 5.32 Å². The van der Waals surface area contributed by atoms with Crippen LogP contribution in [0, 0.1) is 0 Å². The van der Waals surface area contributed by atoms with Crippen LogP contribution in [0.15, 0.2) is 53.9 Å². The minimum absolute atomic E-state index is 0.0632. The maximum absolute atomic E-state index is 12.5. The number of amides is 1. The molecule has 1 aliphatic rings. The summed E-state index contributed by atoms with van der Waals surface area (Å²) >= 11 is 1.43. The molecule has 2 heterocycles. The highest BCUT2D eigenvalue weighted by Crippen LogP contribution is 2.28. The van der Waals surface area contributed by atoms with Gasteiger partial charge in [-0.25, -0.2) is 0 Å². The molecule has 0 bridgehead atoms. The van der Waals surface area contributed by atoms with E-state index in [1.807, 2.05) is 16.7 Å². The van der Waals surface area contributed by atoms with Crippen molar-refractivity contribution in [3.63, 3.8) is 0 Å². The molecule has 0 radical (unpaired) electrons. The molecule has 1 saturated carbocycles. The molecule has 1 fully saturated rings. The SMILES string of the molecule is CCc1ccc(-n2c(SCC(=O)NC3CCCCC3)nnc2-c2ccncc2)cc1. The Labute approximate surface area is 181 Å². The number of pyridine rings is 1. The standard InChI is InChI=1S/C23H27N5OS/c1-2-17-8-10-20(11-9-17)28-22(18-12-14-24-15-13-18)26-27-23(28)30-16-21(29)25-19-6-4-3-5-7-19/h8-15,19H,2-7,16H2,1H3,(H,25,29). The van der Waals surface area contributed by atoms with E-state index in [4.69, 9.17) is 0 Å². The van der Waals surface area contributed by atoms with Crippen molar-refractivity contribution in [2.24, 2.45) is 0 Å². The third-order valence-electron chi connectivity index (χ3n) is 5.48. The quantitative estimate of drug-likeness (QED) is 0.571. The Kier molecular flexibility index (Phi) is 6.79. The van der Waals surface area contributed by atoms with Crippen molar-refractivity contribution in [1.82, 2.24) is 25.1 Å². The van der Waals surface area contributed by atoms with Crippen LogP contribution in [0.1, 0.15) is 44.6 Å². The van der Waals surface area contributed by atoms with Crippen molar-refractivity contribution in [2.45, 2.75) is 56.6 Å². The molecule has 30 heavy (non-hydrogen) atoms. The Morgan fingerprint density at radius 1 is 1.07 bits per heavy atom. The number of hydrogen-bond donors (Lipinski definition) is 1. The summed E-state index contributed by atoms with van der Waals surface area (Å²) in [5.74, 6) is 1.14. The van der Waals surface area contributed by atoms with Gasteiger partial charge in [-0.3, -0.25) is 14.3 Å². The Balaban J connectivity index is 1.56. The van der Waals surface area contributed by atoms with Crippen molar-refractivity contribution in [3.05, 3.63) is 54.4 Å². The van der Waals surface area contributed by atoms with Crippen LogP contribution in [0.25, 0.3) is 17.1 Å². The molecule has 0 aliphatic heterocycles. The number of aryl methyl sites for hydroxylation is 1. The zero-order valence-electron chi connectivity index (χ0n) is 17.3. The lowest BCUT2D eigenvalue weighted by molar-refractivity contribution is -0.119. The summed E-state index contributed by atoms with van der Waals surface area (Å²) in [5, 5.41) is 12.7. The Morgan fingerprint density at radius 2 is 1.80 bits per heavy atom. The number of carbonyl (C=O) groups is 1. The van der Waals surface area contributed by atoms with Crippen molar-refractivity contribution < 1.29 is 4.79 Å². The van der Waals surface area contributed by atoms with E-state index in [1.54, 1.807) is 12.4 Å². The van der Waals surface area contributed by atoms with Crippen LogP contribution in [0.5, 0.6) is 0 Å². The molecule has 1 aliphatic carbocycles. The van der Waals surface area contributed by atoms with E-state index in [2.05, 4.69) is 51.7 Å². The summed E-state index contributed by atoms with van der Waals surface area (Å²) in [6.07, 6.45) is 10.3. The topological polar surface area (TPSA) is 72.7 Å². The normalized spacial score (nSPS) is 14.6. The monoisotopic (exact) mass is 421 g/mol. The van der Waals surface area contributed by atoms with Crippen molar-refractivity contribution >= 4 is 17.7 Å². The van der Waals surface area contributed by atoms with Gasteiger partial charge in [0.2, 0.25) is 5.91 Å². The molecule has 0 saturated heterocycles. The molecule has 1 aromatic carbocycles. The van der Waals surface area contributed by atoms with Gasteiger partial charge in [0.1, 0.15) is 0 Å². The first-order chi connectivity index (χ1) is 14.7. The third-order valence-corrected chi connectivity index (χ3v) is 6.41. The number of aromatic nitrogens is 4. The fourth-order valence-corrected chi connectivity index (χ4v) is 4.57. The van der Waals surface area contributed by atoms with Crippen LogP contribution in [-0.4, -0.2) is 37.5 Å². The first kappa shape index (κ1) is 20.6. The molecule has 0 spiro atoms. The average molecular weight is 422 g/mol. The number of rotatable bonds is 7. The summed E-state index contributed by atoms with van der Waals surface area (Å²) in [7, 11) is 0. The highest BCUT2D eigenvalue weighted by molar-refractivity contribution is 7.99. The van der Waals surface area contributed by atoms with Gasteiger partial charge in [0.25, 0.3) is 0 Å². The third kappa shape index (κ3) is 4.90. The van der Waals surface area contributed by atoms with E-state index < -0.39 is 0 Å². The second kappa shape index (κ2) is 9.89. The summed E-state index contributed by atoms with van der Waals surface area (Å²) in [5.41, 5.74) is 3.20. The van der Waals surface area contributed by atoms with E-state index in [9.17, 15) is 4.79 Å². The molecule has 6 nitrogen and oxygen atoms in total. The van der Waals surface area contributed by atoms with Gasteiger partial charge in [0, 0.05) is 29.7 Å². The van der Waals surface area contributed by atoms with Gasteiger partial charge in [0.15, 0.2) is 11.0 Å². The van der Waals surface area contributed by atoms with E-state index in [0.717, 1.165) is 36.3 Å². The Hall–Kier alpha value is -2.67. The second-order valence-corrected chi connectivity index (χ2v) is 8.53. The fourth-order valence-electron chi connectivity index (χ4n) is 3.81. The van der Waals surface area contributed by atoms with Crippen molar-refractivity contribution in [2.75, 3.05) is 5.75 Å². The van der Waals surface area contributed by atoms with Gasteiger partial charge in [-0.2, -0.15) is 0 Å². The lowest BCUT2D eigenvalue weighted by atomic mass is 9.95. The van der Waals surface area contributed by atoms with E-state index in [1.165, 1.54) is 36.6 Å². The van der Waals surface area contributed by atoms with E-state index >= 15 is 0 Å². The number of thioether (sulfide) groups is 1. The van der Waals surface area contributed by atoms with Gasteiger partial charge in [-0.1, -0.05) is 50.1 Å². The molecular weight excluding hydrogens is 394 g/mol. The molecule has 4 rings (SSSR count). The van der Waals surface area contributed by atoms with Crippen LogP contribution in [0.3, 0.4) is 0 Å². The second-order valence-electron chi connectivity index (χ2n) is 7.59. The maximum atomic E-state index is 12.5. The number of nitrogens with zero attached hydrogens (tertiary/aromatic N) is 4. The van der Waals surface area contributed by atoms with E-state index in [0.29, 0.717) is 17.0 Å². The molecular formula is C23H27N5OS. The number of carbonyl (C=O) groups excluding carboxylic acids is 1. The Morgan fingerprint density at radius 3 is 2.50 bits per heavy atom. The molecule has 156 valence electrons. The molecule has 0 atom stereocenters. The van der Waals surface area contributed by atoms with Gasteiger partial charge >= 0.3 is 0 Å². The zero-order chi connectivity index (χ0) is 20.8. The molecule has 0 unspecified atom stereocenters. The molecule has 1 amide bonds. The first-order valence-electron chi connectivity index (χ1n) is 10.6. The highest BCUT2D eigenvalue weighted by Gasteiger charge is 2.19. The minimum atomic E-state index is 0.0632. The fraction of sp³-hybridized carbons (Fsp3) is 0.391. The lowest BCUT2D eigenvalue weighted by Gasteiger charge is -2.22. The first-order valence-corrected chi connectivity index (χ1v) is 11.6.